The molecule has 3 aliphatic rings. The van der Waals surface area contributed by atoms with Gasteiger partial charge in [-0.2, -0.15) is 0 Å². The Morgan fingerprint density at radius 2 is 0.757 bits per heavy atom. The number of carbonyl (C=O) groups excluding carboxylic acids is 11. The maximum absolute atomic E-state index is 14.1. The highest BCUT2D eigenvalue weighted by Crippen LogP contribution is 2.31. The fourth-order valence-corrected chi connectivity index (χ4v) is 12.3. The van der Waals surface area contributed by atoms with Gasteiger partial charge in [-0.25, -0.2) is 0 Å². The number of aliphatic hydroxyl groups is 6. The third-order valence-electron chi connectivity index (χ3n) is 17.9. The molecule has 3 fully saturated rings. The zero-order valence-corrected chi connectivity index (χ0v) is 65.4. The molecule has 0 saturated carbocycles. The molecule has 3 aliphatic heterocycles. The number of hydrogen-bond acceptors (Lipinski definition) is 33. The molecule has 0 aliphatic carbocycles. The van der Waals surface area contributed by atoms with Crippen molar-refractivity contribution in [3.63, 3.8) is 0 Å². The molecule has 3 saturated heterocycles. The predicted octanol–water partition coefficient (Wildman–Crippen LogP) is -1.58. The van der Waals surface area contributed by atoms with Crippen molar-refractivity contribution in [2.45, 2.75) is 261 Å². The SMILES string of the molecule is COCCCCCCCC(=O)CCCC(=O)NC(CCC(=O)CCCOCCOCCOC1OC(CO)C(O)C(O)C1NC(C)=O)(CCC(=O)CCCOCCOCCOC1OC(CO)C(O)C(O)C1NC(C)=O)CCC(=O)NCCOCCOCCOC1OC(COC(C)=O)C(OC(C)=O)C(OC(C)=O)C1NC(C)=O. The van der Waals surface area contributed by atoms with Crippen LogP contribution >= 0.6 is 0 Å². The highest BCUT2D eigenvalue weighted by molar-refractivity contribution is 5.82. The maximum atomic E-state index is 14.1. The smallest absolute Gasteiger partial charge is 0.303 e. The number of Topliss-reactive ketones (excluding diaryl/α,β-unsaturated/α-hetero) is 3. The molecule has 0 aromatic rings. The molecule has 0 aromatic carbocycles. The first-order chi connectivity index (χ1) is 53.1. The number of nitrogens with one attached hydrogen (secondary N) is 5. The van der Waals surface area contributed by atoms with Crippen LogP contribution in [-0.2, 0) is 129 Å². The summed E-state index contributed by atoms with van der Waals surface area (Å²) in [7, 11) is 1.65. The molecule has 0 radical (unpaired) electrons. The van der Waals surface area contributed by atoms with Crippen molar-refractivity contribution in [3.05, 3.63) is 0 Å². The fraction of sp³-hybridized carbons (Fsp3) is 0.849. The predicted molar refractivity (Wildman–Crippen MR) is 386 cm³/mol. The second kappa shape index (κ2) is 57.9. The van der Waals surface area contributed by atoms with Gasteiger partial charge in [0.05, 0.1) is 99.1 Å². The van der Waals surface area contributed by atoms with Gasteiger partial charge >= 0.3 is 17.9 Å². The van der Waals surface area contributed by atoms with E-state index in [1.807, 2.05) is 0 Å². The number of carbonyl (C=O) groups is 11. The van der Waals surface area contributed by atoms with Crippen molar-refractivity contribution in [2.24, 2.45) is 0 Å². The minimum atomic E-state index is -1.48. The molecule has 38 nitrogen and oxygen atoms in total. The second-order valence-electron chi connectivity index (χ2n) is 27.2. The van der Waals surface area contributed by atoms with Gasteiger partial charge in [0.1, 0.15) is 84.8 Å². The van der Waals surface area contributed by atoms with Gasteiger partial charge in [-0.1, -0.05) is 19.3 Å². The number of ether oxygens (including phenoxy) is 16. The fourth-order valence-electron chi connectivity index (χ4n) is 12.3. The highest BCUT2D eigenvalue weighted by Gasteiger charge is 2.52. The van der Waals surface area contributed by atoms with Gasteiger partial charge in [0.2, 0.25) is 29.5 Å². The molecule has 15 atom stereocenters. The average molecular weight is 1600 g/mol. The molecular weight excluding hydrogens is 1470 g/mol. The van der Waals surface area contributed by atoms with E-state index in [0.29, 0.717) is 25.9 Å². The first kappa shape index (κ1) is 99.2. The molecule has 5 amide bonds. The monoisotopic (exact) mass is 1600 g/mol. The molecule has 15 unspecified atom stereocenters. The summed E-state index contributed by atoms with van der Waals surface area (Å²) in [6.45, 7) is 7.14. The van der Waals surface area contributed by atoms with Crippen LogP contribution in [-0.4, -0.2) is 332 Å². The van der Waals surface area contributed by atoms with E-state index < -0.39 is 165 Å². The zero-order chi connectivity index (χ0) is 81.9. The van der Waals surface area contributed by atoms with Crippen molar-refractivity contribution in [1.82, 2.24) is 26.6 Å². The van der Waals surface area contributed by atoms with Crippen molar-refractivity contribution < 1.29 is 159 Å². The number of methoxy groups -OCH3 is 1. The highest BCUT2D eigenvalue weighted by atomic mass is 16.7. The van der Waals surface area contributed by atoms with Crippen LogP contribution in [0.1, 0.15) is 164 Å². The van der Waals surface area contributed by atoms with Gasteiger partial charge in [0, 0.05) is 132 Å². The van der Waals surface area contributed by atoms with Crippen molar-refractivity contribution >= 4 is 64.8 Å². The van der Waals surface area contributed by atoms with Crippen LogP contribution in [0.25, 0.3) is 0 Å². The summed E-state index contributed by atoms with van der Waals surface area (Å²) < 4.78 is 89.6. The standard InChI is InChI=1S/C73H125N5O33/c1-47(81)75-61-66(94)64(92)56(44-79)109-70(61)103-41-38-100-35-32-97-29-14-18-54(88)21-24-73(78-60(91)20-13-17-53(87)16-11-9-8-10-12-28-96-7,25-22-55(89)19-15-30-98-33-36-101-39-42-104-71-62(76-48(2)82)67(95)65(93)57(45-80)110-71)26-23-59(90)74-27-31-99-34-37-102-40-43-105-72-63(77-49(3)83)69(108-52(6)86)68(107-51(5)85)58(111-72)46-106-50(4)84/h56-58,61-72,79-80,92-95H,8-46H2,1-7H3,(H,74,90)(H,75,81)(H,76,82)(H,77,83)(H,78,91). The summed E-state index contributed by atoms with van der Waals surface area (Å²) in [5.74, 6) is -4.92. The van der Waals surface area contributed by atoms with Gasteiger partial charge in [0.25, 0.3) is 0 Å². The zero-order valence-electron chi connectivity index (χ0n) is 65.4. The van der Waals surface area contributed by atoms with E-state index in [1.54, 1.807) is 7.11 Å². The minimum Gasteiger partial charge on any atom is -0.463 e. The number of amides is 5. The molecule has 0 bridgehead atoms. The molecule has 111 heavy (non-hydrogen) atoms. The summed E-state index contributed by atoms with van der Waals surface area (Å²) in [6.07, 6.45) is -9.68. The van der Waals surface area contributed by atoms with Gasteiger partial charge in [-0.3, -0.25) is 52.7 Å². The minimum absolute atomic E-state index is 0.0185. The van der Waals surface area contributed by atoms with E-state index in [9.17, 15) is 83.4 Å². The third-order valence-corrected chi connectivity index (χ3v) is 17.9. The molecule has 11 N–H and O–H groups in total. The third kappa shape index (κ3) is 42.3. The molecule has 3 rings (SSSR count). The Labute approximate surface area is 648 Å². The number of esters is 3. The maximum Gasteiger partial charge on any atom is 0.303 e. The number of rotatable bonds is 63. The van der Waals surface area contributed by atoms with Crippen LogP contribution in [0.5, 0.6) is 0 Å². The van der Waals surface area contributed by atoms with Crippen molar-refractivity contribution in [1.29, 1.82) is 0 Å². The summed E-state index contributed by atoms with van der Waals surface area (Å²) in [5.41, 5.74) is -1.25. The summed E-state index contributed by atoms with van der Waals surface area (Å²) in [5, 5.41) is 74.3. The van der Waals surface area contributed by atoms with Gasteiger partial charge in [-0.05, 0) is 51.4 Å². The van der Waals surface area contributed by atoms with Crippen LogP contribution in [0.4, 0.5) is 0 Å². The largest absolute Gasteiger partial charge is 0.463 e. The first-order valence-electron chi connectivity index (χ1n) is 38.3. The van der Waals surface area contributed by atoms with E-state index >= 15 is 0 Å². The normalized spacial score (nSPS) is 24.3. The summed E-state index contributed by atoms with van der Waals surface area (Å²) >= 11 is 0. The first-order valence-corrected chi connectivity index (χ1v) is 38.3. The van der Waals surface area contributed by atoms with Crippen LogP contribution in [0, 0.1) is 0 Å². The Balaban J connectivity index is 1.65. The lowest BCUT2D eigenvalue weighted by Crippen LogP contribution is -2.66. The lowest BCUT2D eigenvalue weighted by molar-refractivity contribution is -0.279. The van der Waals surface area contributed by atoms with Crippen LogP contribution in [0.2, 0.25) is 0 Å². The summed E-state index contributed by atoms with van der Waals surface area (Å²) in [4.78, 5) is 140. The quantitative estimate of drug-likeness (QED) is 0.0186. The topological polar surface area (TPSA) is 517 Å². The molecule has 0 aromatic heterocycles. The van der Waals surface area contributed by atoms with Gasteiger partial charge in [-0.15, -0.1) is 0 Å². The second-order valence-corrected chi connectivity index (χ2v) is 27.2. The van der Waals surface area contributed by atoms with Gasteiger partial charge in [0.15, 0.2) is 31.1 Å². The van der Waals surface area contributed by atoms with Crippen LogP contribution in [0.15, 0.2) is 0 Å². The molecule has 640 valence electrons. The van der Waals surface area contributed by atoms with E-state index in [4.69, 9.17) is 75.8 Å². The molecular formula is C73H125N5O33. The van der Waals surface area contributed by atoms with Crippen molar-refractivity contribution in [3.8, 4) is 0 Å². The molecule has 0 spiro atoms. The van der Waals surface area contributed by atoms with E-state index in [1.165, 1.54) is 20.8 Å². The lowest BCUT2D eigenvalue weighted by atomic mass is 9.81. The van der Waals surface area contributed by atoms with Gasteiger partial charge < -0.3 is 133 Å². The summed E-state index contributed by atoms with van der Waals surface area (Å²) in [6, 6.07) is -3.41. The number of aliphatic hydroxyl groups excluding tert-OH is 6. The number of hydrogen-bond donors (Lipinski definition) is 11. The average Bonchev–Trinajstić information content (AvgIpc) is 0.793. The Bertz CT molecular complexity index is 2640. The Hall–Kier alpha value is -5.99. The number of ketones is 3. The number of unbranched alkanes of at least 4 members (excludes halogenated alkanes) is 4. The van der Waals surface area contributed by atoms with Crippen LogP contribution in [0.3, 0.4) is 0 Å². The Morgan fingerprint density at radius 1 is 0.369 bits per heavy atom. The van der Waals surface area contributed by atoms with Crippen LogP contribution < -0.4 is 26.6 Å². The molecule has 3 heterocycles. The van der Waals surface area contributed by atoms with Crippen molar-refractivity contribution in [2.75, 3.05) is 139 Å². The lowest BCUT2D eigenvalue weighted by Gasteiger charge is -2.44. The Kier molecular flexibility index (Phi) is 51.8. The van der Waals surface area contributed by atoms with E-state index in [0.717, 1.165) is 52.9 Å². The Morgan fingerprint density at radius 3 is 1.22 bits per heavy atom. The van der Waals surface area contributed by atoms with E-state index in [2.05, 4.69) is 26.6 Å². The molecule has 38 heteroatoms. The van der Waals surface area contributed by atoms with E-state index in [-0.39, 0.29) is 194 Å².